The number of rotatable bonds is 3. The minimum absolute atomic E-state index is 0.267. The molecule has 4 rings (SSSR count). The Balaban J connectivity index is 1.83. The van der Waals surface area contributed by atoms with Crippen LogP contribution in [-0.4, -0.2) is 27.2 Å². The van der Waals surface area contributed by atoms with Crippen LogP contribution in [0.5, 0.6) is 0 Å². The van der Waals surface area contributed by atoms with Crippen molar-refractivity contribution in [1.29, 1.82) is 0 Å². The number of imidazole rings is 1. The quantitative estimate of drug-likeness (QED) is 0.738. The van der Waals surface area contributed by atoms with E-state index < -0.39 is 0 Å². The molecule has 1 aliphatic heterocycles. The van der Waals surface area contributed by atoms with Crippen LogP contribution in [0, 0.1) is 6.92 Å². The van der Waals surface area contributed by atoms with E-state index in [-0.39, 0.29) is 6.10 Å². The molecule has 2 aromatic heterocycles. The summed E-state index contributed by atoms with van der Waals surface area (Å²) in [5.41, 5.74) is 4.25. The maximum absolute atomic E-state index is 5.93. The molecule has 3 aromatic rings. The van der Waals surface area contributed by atoms with E-state index >= 15 is 0 Å². The maximum Gasteiger partial charge on any atom is 0.164 e. The van der Waals surface area contributed by atoms with Gasteiger partial charge in [0, 0.05) is 19.2 Å². The second-order valence-electron chi connectivity index (χ2n) is 6.19. The summed E-state index contributed by atoms with van der Waals surface area (Å²) in [5, 5.41) is 0. The van der Waals surface area contributed by atoms with Gasteiger partial charge in [0.25, 0.3) is 0 Å². The molecule has 4 nitrogen and oxygen atoms in total. The van der Waals surface area contributed by atoms with Crippen molar-refractivity contribution in [3.05, 3.63) is 54.0 Å². The number of aryl methyl sites for hydroxylation is 1. The minimum Gasteiger partial charge on any atom is -0.378 e. The fraction of sp³-hybridized carbons (Fsp3) is 0.368. The Morgan fingerprint density at radius 1 is 1.17 bits per heavy atom. The summed E-state index contributed by atoms with van der Waals surface area (Å²) in [5.74, 6) is 1.04. The van der Waals surface area contributed by atoms with Crippen molar-refractivity contribution in [2.24, 2.45) is 0 Å². The van der Waals surface area contributed by atoms with Crippen molar-refractivity contribution in [2.45, 2.75) is 38.7 Å². The van der Waals surface area contributed by atoms with E-state index in [2.05, 4.69) is 40.7 Å². The highest BCUT2D eigenvalue weighted by molar-refractivity contribution is 5.74. The van der Waals surface area contributed by atoms with Gasteiger partial charge in [0.05, 0.1) is 11.8 Å². The lowest BCUT2D eigenvalue weighted by Crippen LogP contribution is -2.23. The molecule has 1 aliphatic rings. The van der Waals surface area contributed by atoms with Crippen molar-refractivity contribution in [1.82, 2.24) is 14.5 Å². The van der Waals surface area contributed by atoms with Crippen LogP contribution in [0.4, 0.5) is 0 Å². The molecular formula is C19H21N3O. The van der Waals surface area contributed by atoms with Crippen LogP contribution in [0.1, 0.15) is 30.7 Å². The highest BCUT2D eigenvalue weighted by atomic mass is 16.5. The van der Waals surface area contributed by atoms with Gasteiger partial charge in [0.2, 0.25) is 0 Å². The van der Waals surface area contributed by atoms with Gasteiger partial charge < -0.3 is 4.74 Å². The molecule has 0 spiro atoms. The van der Waals surface area contributed by atoms with Crippen molar-refractivity contribution in [2.75, 3.05) is 6.61 Å². The molecule has 0 N–H and O–H groups in total. The second-order valence-corrected chi connectivity index (χ2v) is 6.19. The molecule has 0 saturated carbocycles. The molecule has 0 radical (unpaired) electrons. The molecule has 118 valence electrons. The van der Waals surface area contributed by atoms with Crippen LogP contribution in [0.25, 0.3) is 16.9 Å². The lowest BCUT2D eigenvalue weighted by Gasteiger charge is -2.22. The topological polar surface area (TPSA) is 39.9 Å². The second kappa shape index (κ2) is 6.13. The first-order chi connectivity index (χ1) is 11.3. The summed E-state index contributed by atoms with van der Waals surface area (Å²) in [6, 6.07) is 12.4. The first-order valence-corrected chi connectivity index (χ1v) is 8.33. The SMILES string of the molecule is Cc1ccccc1-n1c(CC2CCCCO2)nc2cccnc21. The van der Waals surface area contributed by atoms with Crippen LogP contribution in [0.3, 0.4) is 0 Å². The van der Waals surface area contributed by atoms with E-state index in [1.165, 1.54) is 18.4 Å². The molecular weight excluding hydrogens is 286 g/mol. The van der Waals surface area contributed by atoms with E-state index in [0.29, 0.717) is 0 Å². The molecule has 0 bridgehead atoms. The predicted molar refractivity (Wildman–Crippen MR) is 90.9 cm³/mol. The smallest absolute Gasteiger partial charge is 0.164 e. The van der Waals surface area contributed by atoms with Gasteiger partial charge in [-0.1, -0.05) is 18.2 Å². The lowest BCUT2D eigenvalue weighted by molar-refractivity contribution is 0.0155. The number of nitrogens with zero attached hydrogens (tertiary/aromatic N) is 3. The molecule has 23 heavy (non-hydrogen) atoms. The molecule has 0 aliphatic carbocycles. The molecule has 3 heterocycles. The Kier molecular flexibility index (Phi) is 3.83. The Hall–Kier alpha value is -2.20. The zero-order valence-corrected chi connectivity index (χ0v) is 13.4. The summed E-state index contributed by atoms with van der Waals surface area (Å²) in [6.07, 6.45) is 6.47. The molecule has 1 unspecified atom stereocenters. The van der Waals surface area contributed by atoms with Gasteiger partial charge in [-0.15, -0.1) is 0 Å². The third-order valence-corrected chi connectivity index (χ3v) is 4.53. The first-order valence-electron chi connectivity index (χ1n) is 8.33. The van der Waals surface area contributed by atoms with Gasteiger partial charge in [-0.05, 0) is 49.9 Å². The average molecular weight is 307 g/mol. The Morgan fingerprint density at radius 3 is 2.91 bits per heavy atom. The summed E-state index contributed by atoms with van der Waals surface area (Å²) in [6.45, 7) is 3.00. The largest absolute Gasteiger partial charge is 0.378 e. The van der Waals surface area contributed by atoms with Crippen LogP contribution in [0.2, 0.25) is 0 Å². The van der Waals surface area contributed by atoms with E-state index in [0.717, 1.165) is 42.1 Å². The molecule has 4 heteroatoms. The number of hydrogen-bond acceptors (Lipinski definition) is 3. The Morgan fingerprint density at radius 2 is 2.09 bits per heavy atom. The van der Waals surface area contributed by atoms with Crippen molar-refractivity contribution < 1.29 is 4.74 Å². The van der Waals surface area contributed by atoms with Gasteiger partial charge in [-0.3, -0.25) is 4.57 Å². The number of aromatic nitrogens is 3. The van der Waals surface area contributed by atoms with Crippen LogP contribution >= 0.6 is 0 Å². The number of benzene rings is 1. The van der Waals surface area contributed by atoms with Gasteiger partial charge in [0.15, 0.2) is 5.65 Å². The number of hydrogen-bond donors (Lipinski definition) is 0. The summed E-state index contributed by atoms with van der Waals surface area (Å²) >= 11 is 0. The Labute approximate surface area is 136 Å². The first kappa shape index (κ1) is 14.4. The highest BCUT2D eigenvalue weighted by Crippen LogP contribution is 2.25. The number of pyridine rings is 1. The fourth-order valence-corrected chi connectivity index (χ4v) is 3.34. The average Bonchev–Trinajstić information content (AvgIpc) is 2.94. The van der Waals surface area contributed by atoms with Crippen LogP contribution in [0.15, 0.2) is 42.6 Å². The highest BCUT2D eigenvalue weighted by Gasteiger charge is 2.20. The fourth-order valence-electron chi connectivity index (χ4n) is 3.34. The van der Waals surface area contributed by atoms with Crippen molar-refractivity contribution in [3.63, 3.8) is 0 Å². The lowest BCUT2D eigenvalue weighted by atomic mass is 10.1. The van der Waals surface area contributed by atoms with Crippen LogP contribution in [-0.2, 0) is 11.2 Å². The van der Waals surface area contributed by atoms with Gasteiger partial charge in [-0.25, -0.2) is 9.97 Å². The van der Waals surface area contributed by atoms with Crippen LogP contribution < -0.4 is 0 Å². The molecule has 1 fully saturated rings. The third kappa shape index (κ3) is 2.75. The molecule has 1 saturated heterocycles. The van der Waals surface area contributed by atoms with E-state index in [4.69, 9.17) is 9.72 Å². The number of para-hydroxylation sites is 1. The van der Waals surface area contributed by atoms with Gasteiger partial charge in [-0.2, -0.15) is 0 Å². The van der Waals surface area contributed by atoms with Crippen molar-refractivity contribution >= 4 is 11.2 Å². The van der Waals surface area contributed by atoms with E-state index in [1.54, 1.807) is 0 Å². The monoisotopic (exact) mass is 307 g/mol. The maximum atomic E-state index is 5.93. The van der Waals surface area contributed by atoms with E-state index in [1.807, 2.05) is 18.3 Å². The number of ether oxygens (including phenoxy) is 1. The number of fused-ring (bicyclic) bond motifs is 1. The predicted octanol–water partition coefficient (Wildman–Crippen LogP) is 3.84. The summed E-state index contributed by atoms with van der Waals surface area (Å²) in [7, 11) is 0. The minimum atomic E-state index is 0.267. The molecule has 1 atom stereocenters. The molecule has 0 amide bonds. The molecule has 1 aromatic carbocycles. The summed E-state index contributed by atoms with van der Waals surface area (Å²) < 4.78 is 8.12. The Bertz CT molecular complexity index is 818. The van der Waals surface area contributed by atoms with Gasteiger partial charge in [0.1, 0.15) is 11.3 Å². The zero-order chi connectivity index (χ0) is 15.6. The van der Waals surface area contributed by atoms with Gasteiger partial charge >= 0.3 is 0 Å². The third-order valence-electron chi connectivity index (χ3n) is 4.53. The van der Waals surface area contributed by atoms with E-state index in [9.17, 15) is 0 Å². The standard InChI is InChI=1S/C19H21N3O/c1-14-7-2-3-10-17(14)22-18(13-15-8-4-5-12-23-15)21-16-9-6-11-20-19(16)22/h2-3,6-7,9-11,15H,4-5,8,12-13H2,1H3. The summed E-state index contributed by atoms with van der Waals surface area (Å²) in [4.78, 5) is 9.42. The zero-order valence-electron chi connectivity index (χ0n) is 13.4. The normalized spacial score (nSPS) is 18.4. The van der Waals surface area contributed by atoms with Crippen molar-refractivity contribution in [3.8, 4) is 5.69 Å².